The van der Waals surface area contributed by atoms with Crippen LogP contribution in [0.5, 0.6) is 0 Å². The van der Waals surface area contributed by atoms with E-state index in [0.29, 0.717) is 42.4 Å². The minimum atomic E-state index is -1.07. The lowest BCUT2D eigenvalue weighted by molar-refractivity contribution is -0.154. The van der Waals surface area contributed by atoms with Gasteiger partial charge in [-0.15, -0.1) is 0 Å². The third-order valence-electron chi connectivity index (χ3n) is 6.71. The molecule has 0 bridgehead atoms. The van der Waals surface area contributed by atoms with E-state index in [1.54, 1.807) is 37.3 Å². The molecule has 2 aromatic carbocycles. The van der Waals surface area contributed by atoms with Crippen molar-refractivity contribution in [1.29, 1.82) is 0 Å². The Kier molecular flexibility index (Phi) is 7.94. The molecule has 2 N–H and O–H groups in total. The minimum Gasteiger partial charge on any atom is -0.462 e. The Bertz CT molecular complexity index is 1020. The van der Waals surface area contributed by atoms with E-state index in [4.69, 9.17) is 16.3 Å². The number of hydrogen-bond donors (Lipinski definition) is 2. The van der Waals surface area contributed by atoms with E-state index < -0.39 is 23.0 Å². The molecule has 0 saturated carbocycles. The summed E-state index contributed by atoms with van der Waals surface area (Å²) in [5.74, 6) is -0.403. The highest BCUT2D eigenvalue weighted by Crippen LogP contribution is 2.46. The predicted molar refractivity (Wildman–Crippen MR) is 135 cm³/mol. The fourth-order valence-electron chi connectivity index (χ4n) is 4.61. The summed E-state index contributed by atoms with van der Waals surface area (Å²) in [7, 11) is 0. The number of amides is 1. The van der Waals surface area contributed by atoms with Gasteiger partial charge in [0.15, 0.2) is 0 Å². The third kappa shape index (κ3) is 5.39. The Balaban J connectivity index is 1.78. The van der Waals surface area contributed by atoms with Gasteiger partial charge in [-0.2, -0.15) is 0 Å². The zero-order valence-electron chi connectivity index (χ0n) is 20.6. The van der Waals surface area contributed by atoms with Gasteiger partial charge < -0.3 is 20.1 Å². The van der Waals surface area contributed by atoms with Gasteiger partial charge in [-0.1, -0.05) is 57.5 Å². The standard InChI is InChI=1S/C27H35ClN2O4/c1-6-34-25(32)19-8-7-9-22(16-19)29-23(18(2)3)24(31)30-15-14-27(33,26(4,5)17-30)20-10-12-21(28)13-11-20/h7-13,16,18,23,29,33H,6,14-15,17H2,1-5H3/t23-,27+/m1/s1. The number of aliphatic hydroxyl groups is 1. The van der Waals surface area contributed by atoms with Crippen molar-refractivity contribution in [3.8, 4) is 0 Å². The fraction of sp³-hybridized carbons (Fsp3) is 0.481. The molecule has 6 nitrogen and oxygen atoms in total. The average molecular weight is 487 g/mol. The largest absolute Gasteiger partial charge is 0.462 e. The number of anilines is 1. The number of esters is 1. The Morgan fingerprint density at radius 1 is 1.18 bits per heavy atom. The van der Waals surface area contributed by atoms with Crippen molar-refractivity contribution in [3.63, 3.8) is 0 Å². The molecular weight excluding hydrogens is 452 g/mol. The molecule has 184 valence electrons. The van der Waals surface area contributed by atoms with Crippen LogP contribution >= 0.6 is 11.6 Å². The minimum absolute atomic E-state index is 0.0129. The van der Waals surface area contributed by atoms with Gasteiger partial charge in [0.2, 0.25) is 5.91 Å². The number of halogens is 1. The molecule has 3 rings (SSSR count). The van der Waals surface area contributed by atoms with Gasteiger partial charge in [0.05, 0.1) is 17.8 Å². The molecule has 1 fully saturated rings. The second-order valence-electron chi connectivity index (χ2n) is 9.93. The van der Waals surface area contributed by atoms with Crippen LogP contribution in [-0.4, -0.2) is 47.6 Å². The number of rotatable bonds is 7. The highest BCUT2D eigenvalue weighted by atomic mass is 35.5. The van der Waals surface area contributed by atoms with Crippen LogP contribution in [0.1, 0.15) is 57.0 Å². The number of nitrogens with one attached hydrogen (secondary N) is 1. The zero-order chi connectivity index (χ0) is 25.1. The fourth-order valence-corrected chi connectivity index (χ4v) is 4.74. The van der Waals surface area contributed by atoms with Crippen molar-refractivity contribution in [2.24, 2.45) is 11.3 Å². The molecule has 34 heavy (non-hydrogen) atoms. The van der Waals surface area contributed by atoms with Crippen LogP contribution in [0.4, 0.5) is 5.69 Å². The maximum Gasteiger partial charge on any atom is 0.338 e. The van der Waals surface area contributed by atoms with Crippen LogP contribution in [0.15, 0.2) is 48.5 Å². The Morgan fingerprint density at radius 2 is 1.85 bits per heavy atom. The summed E-state index contributed by atoms with van der Waals surface area (Å²) in [5.41, 5.74) is 0.298. The Morgan fingerprint density at radius 3 is 2.44 bits per heavy atom. The molecule has 2 atom stereocenters. The maximum atomic E-state index is 13.6. The normalized spacial score (nSPS) is 20.6. The van der Waals surface area contributed by atoms with Crippen LogP contribution in [0, 0.1) is 11.3 Å². The second kappa shape index (κ2) is 10.4. The SMILES string of the molecule is CCOC(=O)c1cccc(N[C@@H](C(=O)N2CC[C@](O)(c3ccc(Cl)cc3)C(C)(C)C2)C(C)C)c1. The molecule has 7 heteroatoms. The first-order chi connectivity index (χ1) is 16.0. The smallest absolute Gasteiger partial charge is 0.338 e. The molecule has 0 aliphatic carbocycles. The number of nitrogens with zero attached hydrogens (tertiary/aromatic N) is 1. The van der Waals surface area contributed by atoms with E-state index >= 15 is 0 Å². The second-order valence-corrected chi connectivity index (χ2v) is 10.4. The molecule has 1 amide bonds. The van der Waals surface area contributed by atoms with Crippen molar-refractivity contribution in [1.82, 2.24) is 4.90 Å². The average Bonchev–Trinajstić information content (AvgIpc) is 2.79. The van der Waals surface area contributed by atoms with Crippen LogP contribution in [0.3, 0.4) is 0 Å². The summed E-state index contributed by atoms with van der Waals surface area (Å²) in [5, 5.41) is 15.6. The van der Waals surface area contributed by atoms with Gasteiger partial charge in [0.25, 0.3) is 0 Å². The van der Waals surface area contributed by atoms with Crippen molar-refractivity contribution < 1.29 is 19.4 Å². The highest BCUT2D eigenvalue weighted by Gasteiger charge is 2.50. The number of benzene rings is 2. The van der Waals surface area contributed by atoms with Gasteiger partial charge in [0, 0.05) is 29.2 Å². The molecule has 1 aliphatic rings. The summed E-state index contributed by atoms with van der Waals surface area (Å²) < 4.78 is 5.09. The molecule has 2 aromatic rings. The number of carbonyl (C=O) groups excluding carboxylic acids is 2. The summed E-state index contributed by atoms with van der Waals surface area (Å²) in [6.45, 7) is 10.9. The maximum absolute atomic E-state index is 13.6. The predicted octanol–water partition coefficient (Wildman–Crippen LogP) is 5.10. The van der Waals surface area contributed by atoms with Gasteiger partial charge >= 0.3 is 5.97 Å². The van der Waals surface area contributed by atoms with Gasteiger partial charge in [0.1, 0.15) is 6.04 Å². The molecule has 0 aromatic heterocycles. The monoisotopic (exact) mass is 486 g/mol. The van der Waals surface area contributed by atoms with Gasteiger partial charge in [-0.05, 0) is 55.2 Å². The van der Waals surface area contributed by atoms with Crippen molar-refractivity contribution in [2.45, 2.75) is 52.7 Å². The first-order valence-corrected chi connectivity index (χ1v) is 12.2. The highest BCUT2D eigenvalue weighted by molar-refractivity contribution is 6.30. The van der Waals surface area contributed by atoms with Crippen molar-refractivity contribution >= 4 is 29.2 Å². The molecule has 1 aliphatic heterocycles. The molecule has 0 spiro atoms. The number of ether oxygens (including phenoxy) is 1. The van der Waals surface area contributed by atoms with Crippen LogP contribution < -0.4 is 5.32 Å². The van der Waals surface area contributed by atoms with Crippen LogP contribution in [-0.2, 0) is 15.1 Å². The first kappa shape index (κ1) is 26.0. The summed E-state index contributed by atoms with van der Waals surface area (Å²) in [6, 6.07) is 13.8. The molecule has 0 radical (unpaired) electrons. The Labute approximate surface area is 207 Å². The van der Waals surface area contributed by atoms with E-state index in [9.17, 15) is 14.7 Å². The lowest BCUT2D eigenvalue weighted by atomic mass is 9.66. The van der Waals surface area contributed by atoms with E-state index in [-0.39, 0.29) is 11.8 Å². The molecule has 1 saturated heterocycles. The number of hydrogen-bond acceptors (Lipinski definition) is 5. The number of likely N-dealkylation sites (tertiary alicyclic amines) is 1. The molecule has 0 unspecified atom stereocenters. The summed E-state index contributed by atoms with van der Waals surface area (Å²) in [6.07, 6.45) is 0.427. The summed E-state index contributed by atoms with van der Waals surface area (Å²) >= 11 is 6.04. The Hall–Kier alpha value is -2.57. The lowest BCUT2D eigenvalue weighted by Gasteiger charge is -2.51. The first-order valence-electron chi connectivity index (χ1n) is 11.8. The molecule has 1 heterocycles. The van der Waals surface area contributed by atoms with Crippen LogP contribution in [0.2, 0.25) is 5.02 Å². The van der Waals surface area contributed by atoms with Gasteiger partial charge in [-0.25, -0.2) is 4.79 Å². The van der Waals surface area contributed by atoms with Crippen LogP contribution in [0.25, 0.3) is 0 Å². The van der Waals surface area contributed by atoms with Crippen molar-refractivity contribution in [2.75, 3.05) is 25.0 Å². The molecular formula is C27H35ClN2O4. The van der Waals surface area contributed by atoms with E-state index in [1.807, 2.05) is 50.8 Å². The quantitative estimate of drug-likeness (QED) is 0.532. The zero-order valence-corrected chi connectivity index (χ0v) is 21.4. The van der Waals surface area contributed by atoms with E-state index in [0.717, 1.165) is 5.56 Å². The topological polar surface area (TPSA) is 78.9 Å². The van der Waals surface area contributed by atoms with Gasteiger partial charge in [-0.3, -0.25) is 4.79 Å². The number of carbonyl (C=O) groups is 2. The van der Waals surface area contributed by atoms with E-state index in [2.05, 4.69) is 5.32 Å². The summed E-state index contributed by atoms with van der Waals surface area (Å²) in [4.78, 5) is 27.6. The third-order valence-corrected chi connectivity index (χ3v) is 6.96. The lowest BCUT2D eigenvalue weighted by Crippen LogP contribution is -2.59. The van der Waals surface area contributed by atoms with Crippen molar-refractivity contribution in [3.05, 3.63) is 64.7 Å². The number of piperidine rings is 1. The van der Waals surface area contributed by atoms with E-state index in [1.165, 1.54) is 0 Å².